The Bertz CT molecular complexity index is 1060. The number of fused-ring (bicyclic) bond motifs is 5. The molecule has 0 amide bonds. The number of allylic oxidation sites excluding steroid dienone is 1. The lowest BCUT2D eigenvalue weighted by Gasteiger charge is -2.31. The van der Waals surface area contributed by atoms with Crippen molar-refractivity contribution >= 4 is 45.4 Å². The molecule has 3 aromatic rings. The molecule has 0 unspecified atom stereocenters. The van der Waals surface area contributed by atoms with E-state index in [0.29, 0.717) is 21.7 Å². The molecule has 0 radical (unpaired) electrons. The molecule has 5 heteroatoms. The lowest BCUT2D eigenvalue weighted by molar-refractivity contribution is 0.480. The number of hydrogen-bond acceptors (Lipinski definition) is 4. The van der Waals surface area contributed by atoms with Gasteiger partial charge in [-0.15, -0.1) is 12.4 Å². The molecule has 0 bridgehead atoms. The lowest BCUT2D eigenvalue weighted by atomic mass is 9.88. The van der Waals surface area contributed by atoms with E-state index in [2.05, 4.69) is 25.2 Å². The van der Waals surface area contributed by atoms with E-state index in [1.807, 2.05) is 19.1 Å². The van der Waals surface area contributed by atoms with Crippen LogP contribution in [0.4, 0.5) is 5.69 Å². The molecule has 2 heterocycles. The Balaban J connectivity index is 0.00000169. The Morgan fingerprint density at radius 1 is 1.12 bits per heavy atom. The number of benzene rings is 2. The lowest BCUT2D eigenvalue weighted by Crippen LogP contribution is -2.31. The summed E-state index contributed by atoms with van der Waals surface area (Å²) in [6.07, 6.45) is 2.10. The van der Waals surface area contributed by atoms with E-state index in [0.717, 1.165) is 16.8 Å². The van der Waals surface area contributed by atoms with Gasteiger partial charge in [-0.2, -0.15) is 0 Å². The van der Waals surface area contributed by atoms with Gasteiger partial charge in [-0.25, -0.2) is 4.79 Å². The van der Waals surface area contributed by atoms with E-state index >= 15 is 0 Å². The maximum absolute atomic E-state index is 12.6. The van der Waals surface area contributed by atoms with E-state index < -0.39 is 0 Å². The fraction of sp³-hybridized carbons (Fsp3) is 0.211. The standard InChI is InChI=1S/C19H17NO3.ClH/c1-10-9-19(2,3)20-12-8-7-11-16-13(21)5-4-6-14(16)23-18(22)17(11)15(10)12;/h4-9,20-21H,1-3H3;1H. The fourth-order valence-electron chi connectivity index (χ4n) is 3.56. The zero-order valence-electron chi connectivity index (χ0n) is 13.6. The van der Waals surface area contributed by atoms with Crippen LogP contribution in [0.15, 0.2) is 45.6 Å². The first-order valence-corrected chi connectivity index (χ1v) is 7.57. The zero-order valence-corrected chi connectivity index (χ0v) is 14.5. The summed E-state index contributed by atoms with van der Waals surface area (Å²) in [5.41, 5.74) is 2.61. The third-order valence-electron chi connectivity index (χ3n) is 4.31. The number of rotatable bonds is 0. The average Bonchev–Trinajstić information content (AvgIpc) is 2.45. The first-order valence-electron chi connectivity index (χ1n) is 7.57. The van der Waals surface area contributed by atoms with Crippen LogP contribution in [0.25, 0.3) is 27.3 Å². The van der Waals surface area contributed by atoms with Crippen LogP contribution in [0.1, 0.15) is 26.3 Å². The van der Waals surface area contributed by atoms with Crippen molar-refractivity contribution in [3.63, 3.8) is 0 Å². The molecule has 0 fully saturated rings. The minimum absolute atomic E-state index is 0. The van der Waals surface area contributed by atoms with Gasteiger partial charge in [-0.1, -0.05) is 18.2 Å². The number of phenolic OH excluding ortho intramolecular Hbond substituents is 1. The van der Waals surface area contributed by atoms with Crippen molar-refractivity contribution < 1.29 is 9.52 Å². The van der Waals surface area contributed by atoms with Crippen LogP contribution in [0, 0.1) is 0 Å². The molecular weight excluding hydrogens is 326 g/mol. The second kappa shape index (κ2) is 5.28. The average molecular weight is 344 g/mol. The monoisotopic (exact) mass is 343 g/mol. The molecule has 2 aromatic carbocycles. The first-order chi connectivity index (χ1) is 10.9. The highest BCUT2D eigenvalue weighted by Crippen LogP contribution is 2.40. The molecule has 1 aliphatic rings. The van der Waals surface area contributed by atoms with E-state index in [-0.39, 0.29) is 29.3 Å². The molecule has 4 nitrogen and oxygen atoms in total. The third kappa shape index (κ3) is 2.26. The van der Waals surface area contributed by atoms with Gasteiger partial charge >= 0.3 is 5.63 Å². The van der Waals surface area contributed by atoms with Gasteiger partial charge < -0.3 is 14.8 Å². The van der Waals surface area contributed by atoms with Crippen LogP contribution in [-0.2, 0) is 0 Å². The number of aromatic hydroxyl groups is 1. The Labute approximate surface area is 145 Å². The highest BCUT2D eigenvalue weighted by atomic mass is 35.5. The van der Waals surface area contributed by atoms with Crippen molar-refractivity contribution in [3.05, 3.63) is 52.4 Å². The molecule has 124 valence electrons. The van der Waals surface area contributed by atoms with Crippen LogP contribution in [0.5, 0.6) is 5.75 Å². The van der Waals surface area contributed by atoms with Crippen molar-refractivity contribution in [3.8, 4) is 5.75 Å². The minimum atomic E-state index is -0.385. The number of hydrogen-bond donors (Lipinski definition) is 2. The highest BCUT2D eigenvalue weighted by molar-refractivity contribution is 6.12. The van der Waals surface area contributed by atoms with Crippen molar-refractivity contribution in [1.82, 2.24) is 0 Å². The van der Waals surface area contributed by atoms with Gasteiger partial charge in [0.15, 0.2) is 0 Å². The van der Waals surface area contributed by atoms with Gasteiger partial charge in [0.1, 0.15) is 11.3 Å². The summed E-state index contributed by atoms with van der Waals surface area (Å²) >= 11 is 0. The van der Waals surface area contributed by atoms with Crippen molar-refractivity contribution in [2.45, 2.75) is 26.3 Å². The van der Waals surface area contributed by atoms with Crippen molar-refractivity contribution in [2.75, 3.05) is 5.32 Å². The minimum Gasteiger partial charge on any atom is -0.507 e. The van der Waals surface area contributed by atoms with Crippen LogP contribution >= 0.6 is 12.4 Å². The van der Waals surface area contributed by atoms with Gasteiger partial charge in [0.05, 0.1) is 16.3 Å². The van der Waals surface area contributed by atoms with Crippen LogP contribution in [-0.4, -0.2) is 10.6 Å². The second-order valence-corrected chi connectivity index (χ2v) is 6.62. The van der Waals surface area contributed by atoms with Crippen LogP contribution in [0.3, 0.4) is 0 Å². The van der Waals surface area contributed by atoms with E-state index in [4.69, 9.17) is 4.42 Å². The van der Waals surface area contributed by atoms with Gasteiger partial charge in [-0.3, -0.25) is 0 Å². The van der Waals surface area contributed by atoms with Gasteiger partial charge in [0.2, 0.25) is 0 Å². The predicted octanol–water partition coefficient (Wildman–Crippen LogP) is 4.68. The molecule has 2 N–H and O–H groups in total. The summed E-state index contributed by atoms with van der Waals surface area (Å²) < 4.78 is 5.45. The first kappa shape index (κ1) is 16.4. The van der Waals surface area contributed by atoms with Gasteiger partial charge in [0.25, 0.3) is 0 Å². The van der Waals surface area contributed by atoms with Crippen molar-refractivity contribution in [1.29, 1.82) is 0 Å². The second-order valence-electron chi connectivity index (χ2n) is 6.62. The zero-order chi connectivity index (χ0) is 16.4. The molecule has 4 rings (SSSR count). The number of nitrogens with one attached hydrogen (secondary N) is 1. The number of halogens is 1. The number of anilines is 1. The highest BCUT2D eigenvalue weighted by Gasteiger charge is 2.26. The molecule has 1 aromatic heterocycles. The molecule has 0 spiro atoms. The Morgan fingerprint density at radius 2 is 1.88 bits per heavy atom. The normalized spacial score (nSPS) is 15.4. The molecular formula is C19H18ClNO3. The molecule has 24 heavy (non-hydrogen) atoms. The summed E-state index contributed by atoms with van der Waals surface area (Å²) in [4.78, 5) is 12.6. The number of phenols is 1. The largest absolute Gasteiger partial charge is 0.507 e. The maximum atomic E-state index is 12.6. The topological polar surface area (TPSA) is 62.5 Å². The Morgan fingerprint density at radius 3 is 2.62 bits per heavy atom. The third-order valence-corrected chi connectivity index (χ3v) is 4.31. The SMILES string of the molecule is CC1=CC(C)(C)Nc2ccc3c(c21)c(=O)oc1cccc(O)c13.Cl. The smallest absolute Gasteiger partial charge is 0.344 e. The van der Waals surface area contributed by atoms with E-state index in [1.54, 1.807) is 18.2 Å². The van der Waals surface area contributed by atoms with E-state index in [1.165, 1.54) is 0 Å². The predicted molar refractivity (Wildman–Crippen MR) is 100 cm³/mol. The molecule has 0 saturated heterocycles. The van der Waals surface area contributed by atoms with Gasteiger partial charge in [-0.05, 0) is 44.5 Å². The Kier molecular flexibility index (Phi) is 3.61. The molecule has 0 atom stereocenters. The fourth-order valence-corrected chi connectivity index (χ4v) is 3.56. The summed E-state index contributed by atoms with van der Waals surface area (Å²) in [6.45, 7) is 6.16. The summed E-state index contributed by atoms with van der Waals surface area (Å²) in [5, 5.41) is 15.4. The van der Waals surface area contributed by atoms with Crippen LogP contribution < -0.4 is 10.9 Å². The van der Waals surface area contributed by atoms with E-state index in [9.17, 15) is 9.90 Å². The van der Waals surface area contributed by atoms with Crippen LogP contribution in [0.2, 0.25) is 0 Å². The van der Waals surface area contributed by atoms with Gasteiger partial charge in [0, 0.05) is 16.6 Å². The van der Waals surface area contributed by atoms with Crippen molar-refractivity contribution in [2.24, 2.45) is 0 Å². The maximum Gasteiger partial charge on any atom is 0.344 e. The molecule has 0 saturated carbocycles. The summed E-state index contributed by atoms with van der Waals surface area (Å²) in [5.74, 6) is 0.113. The molecule has 0 aliphatic carbocycles. The molecule has 1 aliphatic heterocycles. The quantitative estimate of drug-likeness (QED) is 0.459. The summed E-state index contributed by atoms with van der Waals surface area (Å²) in [6, 6.07) is 8.79. The Hall–Kier alpha value is -2.46. The summed E-state index contributed by atoms with van der Waals surface area (Å²) in [7, 11) is 0.